The van der Waals surface area contributed by atoms with Crippen molar-refractivity contribution in [1.29, 1.82) is 0 Å². The predicted octanol–water partition coefficient (Wildman–Crippen LogP) is 2.26. The zero-order chi connectivity index (χ0) is 21.0. The highest BCUT2D eigenvalue weighted by Gasteiger charge is 2.23. The molecule has 2 amide bonds. The Bertz CT molecular complexity index is 883. The fourth-order valence-electron chi connectivity index (χ4n) is 3.29. The highest BCUT2D eigenvalue weighted by molar-refractivity contribution is 5.96. The van der Waals surface area contributed by atoms with Crippen LogP contribution in [0.4, 0.5) is 17.5 Å². The van der Waals surface area contributed by atoms with Gasteiger partial charge in [0.1, 0.15) is 0 Å². The standard InChI is InChI=1S/C20H27N7O2/c1-12(2)14-6-8-15(9-7-14)22-19-17(18(21)29)25-26-20(24-19)23-16-5-4-10-27(11-16)13(3)28/h6-9,12,16H,4-5,10-11H2,1-3H3,(H2,21,29)(H2,22,23,24,26)/t16-/m1/s1. The van der Waals surface area contributed by atoms with Crippen LogP contribution in [-0.4, -0.2) is 51.0 Å². The molecule has 0 unspecified atom stereocenters. The lowest BCUT2D eigenvalue weighted by atomic mass is 10.0. The van der Waals surface area contributed by atoms with Gasteiger partial charge in [0.05, 0.1) is 0 Å². The van der Waals surface area contributed by atoms with Crippen LogP contribution >= 0.6 is 0 Å². The molecule has 1 aromatic heterocycles. The molecule has 2 aromatic rings. The summed E-state index contributed by atoms with van der Waals surface area (Å²) in [6.45, 7) is 7.15. The third-order valence-corrected chi connectivity index (χ3v) is 4.96. The van der Waals surface area contributed by atoms with Crippen LogP contribution in [-0.2, 0) is 4.79 Å². The number of anilines is 3. The normalized spacial score (nSPS) is 16.6. The Kier molecular flexibility index (Phi) is 6.26. The number of hydrogen-bond donors (Lipinski definition) is 3. The van der Waals surface area contributed by atoms with E-state index < -0.39 is 5.91 Å². The van der Waals surface area contributed by atoms with E-state index in [0.29, 0.717) is 12.5 Å². The van der Waals surface area contributed by atoms with E-state index in [4.69, 9.17) is 5.73 Å². The van der Waals surface area contributed by atoms with Crippen LogP contribution in [0.2, 0.25) is 0 Å². The quantitative estimate of drug-likeness (QED) is 0.682. The van der Waals surface area contributed by atoms with Gasteiger partial charge in [0, 0.05) is 31.7 Å². The number of nitrogens with one attached hydrogen (secondary N) is 2. The number of rotatable bonds is 6. The van der Waals surface area contributed by atoms with Gasteiger partial charge in [0.25, 0.3) is 5.91 Å². The van der Waals surface area contributed by atoms with Crippen LogP contribution in [0.15, 0.2) is 24.3 Å². The van der Waals surface area contributed by atoms with Crippen molar-refractivity contribution in [3.63, 3.8) is 0 Å². The molecule has 1 saturated heterocycles. The molecule has 1 aliphatic rings. The van der Waals surface area contributed by atoms with Gasteiger partial charge in [-0.1, -0.05) is 26.0 Å². The van der Waals surface area contributed by atoms with E-state index in [2.05, 4.69) is 39.7 Å². The number of benzene rings is 1. The van der Waals surface area contributed by atoms with Crippen LogP contribution in [0.25, 0.3) is 0 Å². The van der Waals surface area contributed by atoms with E-state index in [0.717, 1.165) is 25.1 Å². The van der Waals surface area contributed by atoms with Gasteiger partial charge in [-0.05, 0) is 36.5 Å². The number of hydrogen-bond acceptors (Lipinski definition) is 7. The maximum absolute atomic E-state index is 11.7. The Morgan fingerprint density at radius 2 is 1.93 bits per heavy atom. The van der Waals surface area contributed by atoms with Gasteiger partial charge >= 0.3 is 0 Å². The fraction of sp³-hybridized carbons (Fsp3) is 0.450. The average Bonchev–Trinajstić information content (AvgIpc) is 2.68. The number of amides is 2. The Morgan fingerprint density at radius 3 is 2.55 bits per heavy atom. The fourth-order valence-corrected chi connectivity index (χ4v) is 3.29. The largest absolute Gasteiger partial charge is 0.364 e. The highest BCUT2D eigenvalue weighted by atomic mass is 16.2. The summed E-state index contributed by atoms with van der Waals surface area (Å²) in [7, 11) is 0. The molecule has 1 aromatic carbocycles. The summed E-state index contributed by atoms with van der Waals surface area (Å²) in [6, 6.07) is 7.89. The van der Waals surface area contributed by atoms with Gasteiger partial charge in [-0.3, -0.25) is 9.59 Å². The van der Waals surface area contributed by atoms with Crippen LogP contribution in [0.3, 0.4) is 0 Å². The number of piperidine rings is 1. The molecule has 4 N–H and O–H groups in total. The summed E-state index contributed by atoms with van der Waals surface area (Å²) < 4.78 is 0. The number of carbonyl (C=O) groups is 2. The molecule has 9 nitrogen and oxygen atoms in total. The Balaban J connectivity index is 1.78. The van der Waals surface area contributed by atoms with Gasteiger partial charge in [-0.15, -0.1) is 10.2 Å². The van der Waals surface area contributed by atoms with Crippen molar-refractivity contribution in [3.8, 4) is 0 Å². The molecule has 1 aliphatic heterocycles. The Morgan fingerprint density at radius 1 is 1.21 bits per heavy atom. The summed E-state index contributed by atoms with van der Waals surface area (Å²) in [5, 5.41) is 14.3. The molecular weight excluding hydrogens is 370 g/mol. The van der Waals surface area contributed by atoms with Crippen LogP contribution in [0.5, 0.6) is 0 Å². The van der Waals surface area contributed by atoms with Gasteiger partial charge < -0.3 is 21.3 Å². The lowest BCUT2D eigenvalue weighted by Crippen LogP contribution is -2.44. The minimum absolute atomic E-state index is 0.0204. The first-order valence-electron chi connectivity index (χ1n) is 9.77. The first kappa shape index (κ1) is 20.5. The number of nitrogens with two attached hydrogens (primary N) is 1. The van der Waals surface area contributed by atoms with Crippen LogP contribution in [0, 0.1) is 0 Å². The van der Waals surface area contributed by atoms with E-state index in [1.807, 2.05) is 24.3 Å². The summed E-state index contributed by atoms with van der Waals surface area (Å²) in [4.78, 5) is 29.6. The van der Waals surface area contributed by atoms with Gasteiger partial charge in [-0.2, -0.15) is 4.98 Å². The van der Waals surface area contributed by atoms with Gasteiger partial charge in [0.2, 0.25) is 11.9 Å². The summed E-state index contributed by atoms with van der Waals surface area (Å²) in [5.41, 5.74) is 7.38. The third-order valence-electron chi connectivity index (χ3n) is 4.96. The number of carbonyl (C=O) groups excluding carboxylic acids is 2. The zero-order valence-electron chi connectivity index (χ0n) is 17.0. The van der Waals surface area contributed by atoms with E-state index >= 15 is 0 Å². The second-order valence-corrected chi connectivity index (χ2v) is 7.55. The average molecular weight is 397 g/mol. The minimum atomic E-state index is -0.710. The molecule has 0 saturated carbocycles. The Hall–Kier alpha value is -3.23. The summed E-state index contributed by atoms with van der Waals surface area (Å²) in [5.74, 6) is 0.287. The summed E-state index contributed by atoms with van der Waals surface area (Å²) in [6.07, 6.45) is 1.79. The Labute approximate surface area is 170 Å². The molecule has 0 radical (unpaired) electrons. The monoisotopic (exact) mass is 397 g/mol. The number of primary amides is 1. The molecule has 2 heterocycles. The molecule has 1 atom stereocenters. The van der Waals surface area contributed by atoms with E-state index in [-0.39, 0.29) is 29.4 Å². The van der Waals surface area contributed by atoms with Crippen molar-refractivity contribution in [1.82, 2.24) is 20.1 Å². The topological polar surface area (TPSA) is 126 Å². The molecule has 0 spiro atoms. The maximum atomic E-state index is 11.7. The van der Waals surface area contributed by atoms with Crippen molar-refractivity contribution in [2.75, 3.05) is 23.7 Å². The third kappa shape index (κ3) is 5.18. The lowest BCUT2D eigenvalue weighted by molar-refractivity contribution is -0.129. The predicted molar refractivity (Wildman–Crippen MR) is 111 cm³/mol. The van der Waals surface area contributed by atoms with Crippen LogP contribution in [0.1, 0.15) is 55.6 Å². The minimum Gasteiger partial charge on any atom is -0.364 e. The maximum Gasteiger partial charge on any atom is 0.273 e. The van der Waals surface area contributed by atoms with Crippen molar-refractivity contribution in [2.45, 2.75) is 45.6 Å². The second-order valence-electron chi connectivity index (χ2n) is 7.55. The molecule has 9 heteroatoms. The van der Waals surface area contributed by atoms with Crippen LogP contribution < -0.4 is 16.4 Å². The molecule has 0 aliphatic carbocycles. The second kappa shape index (κ2) is 8.85. The zero-order valence-corrected chi connectivity index (χ0v) is 17.0. The van der Waals surface area contributed by atoms with Crippen molar-refractivity contribution in [2.24, 2.45) is 5.73 Å². The summed E-state index contributed by atoms with van der Waals surface area (Å²) >= 11 is 0. The van der Waals surface area contributed by atoms with Crippen molar-refractivity contribution < 1.29 is 9.59 Å². The number of likely N-dealkylation sites (tertiary alicyclic amines) is 1. The number of aromatic nitrogens is 3. The van der Waals surface area contributed by atoms with E-state index in [1.165, 1.54) is 5.56 Å². The lowest BCUT2D eigenvalue weighted by Gasteiger charge is -2.32. The smallest absolute Gasteiger partial charge is 0.273 e. The molecule has 154 valence electrons. The van der Waals surface area contributed by atoms with Crippen molar-refractivity contribution >= 4 is 29.3 Å². The first-order chi connectivity index (χ1) is 13.8. The highest BCUT2D eigenvalue weighted by Crippen LogP contribution is 2.22. The molecule has 3 rings (SSSR count). The van der Waals surface area contributed by atoms with Gasteiger partial charge in [0.15, 0.2) is 11.5 Å². The SMILES string of the molecule is CC(=O)N1CCC[C@@H](Nc2nnc(C(N)=O)c(Nc3ccc(C(C)C)cc3)n2)C1. The van der Waals surface area contributed by atoms with E-state index in [1.54, 1.807) is 11.8 Å². The molecule has 1 fully saturated rings. The first-order valence-corrected chi connectivity index (χ1v) is 9.77. The molecular formula is C20H27N7O2. The van der Waals surface area contributed by atoms with Gasteiger partial charge in [-0.25, -0.2) is 0 Å². The van der Waals surface area contributed by atoms with Crippen molar-refractivity contribution in [3.05, 3.63) is 35.5 Å². The molecule has 0 bridgehead atoms. The molecule has 29 heavy (non-hydrogen) atoms. The number of nitrogens with zero attached hydrogens (tertiary/aromatic N) is 4. The van der Waals surface area contributed by atoms with E-state index in [9.17, 15) is 9.59 Å².